The molecule has 0 atom stereocenters. The van der Waals surface area contributed by atoms with Gasteiger partial charge in [0.05, 0.1) is 25.7 Å². The molecule has 12 heteroatoms. The monoisotopic (exact) mass is 569 g/mol. The molecule has 2 aliphatic heterocycles. The van der Waals surface area contributed by atoms with E-state index in [2.05, 4.69) is 20.4 Å². The van der Waals surface area contributed by atoms with Crippen LogP contribution in [0.15, 0.2) is 51.9 Å². The Morgan fingerprint density at radius 1 is 0.975 bits per heavy atom. The first-order valence-electron chi connectivity index (χ1n) is 13.6. The minimum Gasteiger partial charge on any atom is -0.493 e. The predicted octanol–water partition coefficient (Wildman–Crippen LogP) is 3.78. The summed E-state index contributed by atoms with van der Waals surface area (Å²) in [6.45, 7) is 3.07. The van der Waals surface area contributed by atoms with Gasteiger partial charge in [0.25, 0.3) is 0 Å². The van der Waals surface area contributed by atoms with Gasteiger partial charge in [-0.05, 0) is 81.2 Å². The molecule has 214 valence electrons. The van der Waals surface area contributed by atoms with E-state index in [1.165, 1.54) is 0 Å². The van der Waals surface area contributed by atoms with Gasteiger partial charge in [0, 0.05) is 30.3 Å². The number of ether oxygens (including phenoxy) is 2. The Morgan fingerprint density at radius 3 is 2.35 bits per heavy atom. The van der Waals surface area contributed by atoms with Crippen molar-refractivity contribution in [3.63, 3.8) is 0 Å². The zero-order valence-corrected chi connectivity index (χ0v) is 23.7. The lowest BCUT2D eigenvalue weighted by molar-refractivity contribution is -0.121. The van der Waals surface area contributed by atoms with Gasteiger partial charge in [-0.15, -0.1) is 0 Å². The van der Waals surface area contributed by atoms with Crippen molar-refractivity contribution in [2.45, 2.75) is 43.5 Å². The Kier molecular flexibility index (Phi) is 8.67. The third-order valence-electron chi connectivity index (χ3n) is 7.50. The molecule has 1 aromatic heterocycles. The number of hydrogen-bond acceptors (Lipinski definition) is 9. The number of carbonyl (C=O) groups is 1. The van der Waals surface area contributed by atoms with Crippen LogP contribution < -0.4 is 14.8 Å². The van der Waals surface area contributed by atoms with Crippen LogP contribution in [0, 0.1) is 5.92 Å². The number of nitrogens with one attached hydrogen (secondary N) is 1. The lowest BCUT2D eigenvalue weighted by Crippen LogP contribution is -2.37. The molecule has 0 spiro atoms. The summed E-state index contributed by atoms with van der Waals surface area (Å²) in [6, 6.07) is 11.9. The second-order valence-electron chi connectivity index (χ2n) is 10.1. The fourth-order valence-corrected chi connectivity index (χ4v) is 6.68. The molecule has 40 heavy (non-hydrogen) atoms. The van der Waals surface area contributed by atoms with Crippen molar-refractivity contribution in [3.05, 3.63) is 48.4 Å². The van der Waals surface area contributed by atoms with Crippen molar-refractivity contribution in [3.8, 4) is 22.9 Å². The standard InChI is InChI=1S/C28H35N5O6S/c1-37-24-11-6-21(18-25(24)38-2)27-30-26(39-31-27)19-32-16-12-20(13-17-32)28(34)29-22-7-9-23(10-8-22)40(35,36)33-14-4-3-5-15-33/h6-11,18,20H,3-5,12-17,19H2,1-2H3,(H,29,34). The van der Waals surface area contributed by atoms with E-state index in [4.69, 9.17) is 14.0 Å². The number of benzene rings is 2. The lowest BCUT2D eigenvalue weighted by atomic mass is 9.96. The molecule has 0 aliphatic carbocycles. The van der Waals surface area contributed by atoms with E-state index >= 15 is 0 Å². The summed E-state index contributed by atoms with van der Waals surface area (Å²) < 4.78 is 43.4. The summed E-state index contributed by atoms with van der Waals surface area (Å²) >= 11 is 0. The summed E-state index contributed by atoms with van der Waals surface area (Å²) in [7, 11) is -0.334. The second-order valence-corrected chi connectivity index (χ2v) is 12.0. The minimum absolute atomic E-state index is 0.0557. The van der Waals surface area contributed by atoms with Crippen molar-refractivity contribution in [1.82, 2.24) is 19.3 Å². The van der Waals surface area contributed by atoms with Crippen LogP contribution in [0.4, 0.5) is 5.69 Å². The molecule has 3 heterocycles. The van der Waals surface area contributed by atoms with E-state index in [-0.39, 0.29) is 16.7 Å². The first kappa shape index (κ1) is 28.1. The van der Waals surface area contributed by atoms with E-state index in [9.17, 15) is 13.2 Å². The van der Waals surface area contributed by atoms with Crippen LogP contribution in [0.2, 0.25) is 0 Å². The number of hydrogen-bond donors (Lipinski definition) is 1. The fourth-order valence-electron chi connectivity index (χ4n) is 5.17. The third-order valence-corrected chi connectivity index (χ3v) is 9.41. The molecule has 2 saturated heterocycles. The van der Waals surface area contributed by atoms with Crippen LogP contribution in [0.5, 0.6) is 11.5 Å². The molecule has 2 fully saturated rings. The number of nitrogens with zero attached hydrogens (tertiary/aromatic N) is 4. The van der Waals surface area contributed by atoms with Crippen molar-refractivity contribution in [2.75, 3.05) is 45.7 Å². The zero-order chi connectivity index (χ0) is 28.1. The van der Waals surface area contributed by atoms with Crippen LogP contribution >= 0.6 is 0 Å². The predicted molar refractivity (Wildman–Crippen MR) is 149 cm³/mol. The quantitative estimate of drug-likeness (QED) is 0.410. The maximum atomic E-state index is 12.9. The van der Waals surface area contributed by atoms with Gasteiger partial charge in [0.15, 0.2) is 11.5 Å². The van der Waals surface area contributed by atoms with E-state index in [1.54, 1.807) is 54.9 Å². The molecule has 1 N–H and O–H groups in total. The molecule has 3 aromatic rings. The highest BCUT2D eigenvalue weighted by molar-refractivity contribution is 7.89. The molecule has 11 nitrogen and oxygen atoms in total. The van der Waals surface area contributed by atoms with E-state index in [1.807, 2.05) is 6.07 Å². The highest BCUT2D eigenvalue weighted by Gasteiger charge is 2.28. The molecule has 1 amide bonds. The molecule has 0 saturated carbocycles. The molecule has 2 aromatic carbocycles. The van der Waals surface area contributed by atoms with E-state index < -0.39 is 10.0 Å². The molecular formula is C28H35N5O6S. The smallest absolute Gasteiger partial charge is 0.243 e. The highest BCUT2D eigenvalue weighted by Crippen LogP contribution is 2.31. The lowest BCUT2D eigenvalue weighted by Gasteiger charge is -2.30. The Balaban J connectivity index is 1.11. The number of aromatic nitrogens is 2. The Morgan fingerprint density at radius 2 is 1.68 bits per heavy atom. The molecule has 0 radical (unpaired) electrons. The number of likely N-dealkylation sites (tertiary alicyclic amines) is 1. The van der Waals surface area contributed by atoms with Crippen LogP contribution in [-0.2, 0) is 21.4 Å². The first-order valence-corrected chi connectivity index (χ1v) is 15.0. The Labute approximate surface area is 234 Å². The number of methoxy groups -OCH3 is 2. The molecule has 5 rings (SSSR count). The minimum atomic E-state index is -3.49. The maximum absolute atomic E-state index is 12.9. The van der Waals surface area contributed by atoms with E-state index in [0.717, 1.165) is 37.9 Å². The normalized spacial score (nSPS) is 17.4. The van der Waals surface area contributed by atoms with Crippen LogP contribution in [0.3, 0.4) is 0 Å². The molecule has 2 aliphatic rings. The van der Waals surface area contributed by atoms with Crippen LogP contribution in [0.1, 0.15) is 38.0 Å². The van der Waals surface area contributed by atoms with Crippen LogP contribution in [-0.4, -0.2) is 74.1 Å². The summed E-state index contributed by atoms with van der Waals surface area (Å²) in [6.07, 6.45) is 4.24. The van der Waals surface area contributed by atoms with Gasteiger partial charge >= 0.3 is 0 Å². The maximum Gasteiger partial charge on any atom is 0.243 e. The molecule has 0 unspecified atom stereocenters. The summed E-state index contributed by atoms with van der Waals surface area (Å²) in [5, 5.41) is 7.05. The number of amides is 1. The summed E-state index contributed by atoms with van der Waals surface area (Å²) in [4.78, 5) is 19.9. The van der Waals surface area contributed by atoms with Gasteiger partial charge < -0.3 is 19.3 Å². The van der Waals surface area contributed by atoms with E-state index in [0.29, 0.717) is 61.4 Å². The van der Waals surface area contributed by atoms with Gasteiger partial charge in [-0.25, -0.2) is 8.42 Å². The van der Waals surface area contributed by atoms with Gasteiger partial charge in [-0.2, -0.15) is 9.29 Å². The van der Waals surface area contributed by atoms with Crippen molar-refractivity contribution in [1.29, 1.82) is 0 Å². The largest absolute Gasteiger partial charge is 0.493 e. The zero-order valence-electron chi connectivity index (χ0n) is 22.8. The van der Waals surface area contributed by atoms with Gasteiger partial charge in [-0.3, -0.25) is 9.69 Å². The van der Waals surface area contributed by atoms with Gasteiger partial charge in [-0.1, -0.05) is 11.6 Å². The van der Waals surface area contributed by atoms with Crippen molar-refractivity contribution in [2.24, 2.45) is 5.92 Å². The highest BCUT2D eigenvalue weighted by atomic mass is 32.2. The number of carbonyl (C=O) groups excluding carboxylic acids is 1. The SMILES string of the molecule is COc1ccc(-c2noc(CN3CCC(C(=O)Nc4ccc(S(=O)(=O)N5CCCCC5)cc4)CC3)n2)cc1OC. The molecule has 0 bridgehead atoms. The third kappa shape index (κ3) is 6.29. The van der Waals surface area contributed by atoms with Crippen molar-refractivity contribution >= 4 is 21.6 Å². The average Bonchev–Trinajstić information content (AvgIpc) is 3.46. The summed E-state index contributed by atoms with van der Waals surface area (Å²) in [5.41, 5.74) is 1.36. The number of sulfonamides is 1. The first-order chi connectivity index (χ1) is 19.4. The Bertz CT molecular complexity index is 1410. The fraction of sp³-hybridized carbons (Fsp3) is 0.464. The van der Waals surface area contributed by atoms with Crippen LogP contribution in [0.25, 0.3) is 11.4 Å². The van der Waals surface area contributed by atoms with Gasteiger partial charge in [0.1, 0.15) is 0 Å². The number of piperidine rings is 2. The summed E-state index contributed by atoms with van der Waals surface area (Å²) in [5.74, 6) is 2.01. The average molecular weight is 570 g/mol. The molecular weight excluding hydrogens is 534 g/mol. The second kappa shape index (κ2) is 12.4. The Hall–Kier alpha value is -3.48. The number of rotatable bonds is 9. The number of anilines is 1. The van der Waals surface area contributed by atoms with Gasteiger partial charge in [0.2, 0.25) is 27.6 Å². The topological polar surface area (TPSA) is 127 Å². The van der Waals surface area contributed by atoms with Crippen molar-refractivity contribution < 1.29 is 27.2 Å².